The highest BCUT2D eigenvalue weighted by atomic mass is 19.1. The first-order valence-electron chi connectivity index (χ1n) is 17.3. The number of benzene rings is 3. The summed E-state index contributed by atoms with van der Waals surface area (Å²) in [6.07, 6.45) is 9.69. The Balaban J connectivity index is 2.25. The lowest BCUT2D eigenvalue weighted by Gasteiger charge is -2.22. The standard InChI is InChI=1S/C47H43FO7/c1-9-13-39-41(25-23-35-15-19-37(20-16-35)27-30-52-46(50)32(4)5)44(54-34(8)10-2)40(14-12-29-48)42(45(39)55-43(49)11-3)26-24-36-17-21-38(22-18-36)28-31-53-47(51)33(6)7/h10-11,15-22,27-28,30-31H,2-4,6,8-9,12-14,29H2,1,5,7H3. The van der Waals surface area contributed by atoms with Gasteiger partial charge in [0.2, 0.25) is 0 Å². The van der Waals surface area contributed by atoms with E-state index in [2.05, 4.69) is 56.6 Å². The Morgan fingerprint density at radius 1 is 0.673 bits per heavy atom. The van der Waals surface area contributed by atoms with Crippen molar-refractivity contribution >= 4 is 30.1 Å². The Bertz CT molecular complexity index is 2160. The van der Waals surface area contributed by atoms with Crippen molar-refractivity contribution < 1.29 is 37.7 Å². The molecule has 0 atom stereocenters. The molecular formula is C47H43FO7. The minimum Gasteiger partial charge on any atom is -0.456 e. The topological polar surface area (TPSA) is 88.1 Å². The average Bonchev–Trinajstić information content (AvgIpc) is 3.18. The zero-order valence-corrected chi connectivity index (χ0v) is 31.4. The van der Waals surface area contributed by atoms with Crippen molar-refractivity contribution in [1.82, 2.24) is 0 Å². The van der Waals surface area contributed by atoms with Crippen molar-refractivity contribution in [2.75, 3.05) is 6.67 Å². The van der Waals surface area contributed by atoms with E-state index < -0.39 is 24.6 Å². The van der Waals surface area contributed by atoms with Gasteiger partial charge in [-0.15, -0.1) is 0 Å². The van der Waals surface area contributed by atoms with Crippen LogP contribution in [0.4, 0.5) is 4.39 Å². The second-order valence-corrected chi connectivity index (χ2v) is 12.0. The van der Waals surface area contributed by atoms with Gasteiger partial charge in [-0.2, -0.15) is 0 Å². The summed E-state index contributed by atoms with van der Waals surface area (Å²) in [6.45, 7) is 22.9. The van der Waals surface area contributed by atoms with Crippen LogP contribution in [0.5, 0.6) is 11.5 Å². The van der Waals surface area contributed by atoms with Crippen LogP contribution in [0.3, 0.4) is 0 Å². The van der Waals surface area contributed by atoms with E-state index in [1.54, 1.807) is 62.4 Å². The van der Waals surface area contributed by atoms with Crippen LogP contribution in [0, 0.1) is 23.7 Å². The average molecular weight is 739 g/mol. The Kier molecular flexibility index (Phi) is 16.7. The summed E-state index contributed by atoms with van der Waals surface area (Å²) in [5, 5.41) is 0. The van der Waals surface area contributed by atoms with E-state index in [4.69, 9.17) is 18.9 Å². The number of rotatable bonds is 16. The van der Waals surface area contributed by atoms with E-state index in [1.165, 1.54) is 18.6 Å². The molecule has 3 rings (SSSR count). The molecule has 280 valence electrons. The molecular weight excluding hydrogens is 696 g/mol. The van der Waals surface area contributed by atoms with Crippen LogP contribution < -0.4 is 9.47 Å². The van der Waals surface area contributed by atoms with Crippen molar-refractivity contribution in [1.29, 1.82) is 0 Å². The third-order valence-electron chi connectivity index (χ3n) is 7.55. The molecule has 0 saturated heterocycles. The van der Waals surface area contributed by atoms with Crippen LogP contribution in [0.2, 0.25) is 0 Å². The normalized spacial score (nSPS) is 10.3. The molecule has 0 aliphatic heterocycles. The molecule has 3 aromatic carbocycles. The van der Waals surface area contributed by atoms with Gasteiger partial charge in [-0.25, -0.2) is 14.4 Å². The minimum atomic E-state index is -0.707. The van der Waals surface area contributed by atoms with E-state index in [0.717, 1.165) is 17.2 Å². The molecule has 0 aromatic heterocycles. The molecule has 8 heteroatoms. The molecule has 0 aliphatic rings. The Morgan fingerprint density at radius 3 is 1.53 bits per heavy atom. The Morgan fingerprint density at radius 2 is 1.13 bits per heavy atom. The molecule has 0 amide bonds. The van der Waals surface area contributed by atoms with Gasteiger partial charge in [0.05, 0.1) is 30.3 Å². The molecule has 0 heterocycles. The molecule has 0 saturated carbocycles. The SMILES string of the molecule is C=CC(=C)Oc1c(C#Cc2ccc(C=COC(=O)C(=C)C)cc2)c(CCC)c(OC(=O)C=C)c(C#Cc2ccc(C=COC(=O)C(=C)C)cc2)c1CCCF. The number of carbonyl (C=O) groups is 3. The fourth-order valence-electron chi connectivity index (χ4n) is 4.75. The number of hydrogen-bond acceptors (Lipinski definition) is 7. The lowest BCUT2D eigenvalue weighted by Crippen LogP contribution is -2.13. The third-order valence-corrected chi connectivity index (χ3v) is 7.55. The fourth-order valence-corrected chi connectivity index (χ4v) is 4.75. The van der Waals surface area contributed by atoms with Crippen LogP contribution in [0.25, 0.3) is 12.2 Å². The van der Waals surface area contributed by atoms with Crippen LogP contribution in [0.15, 0.2) is 123 Å². The van der Waals surface area contributed by atoms with Gasteiger partial charge in [-0.1, -0.05) is 94.2 Å². The molecule has 3 aromatic rings. The first-order chi connectivity index (χ1) is 26.4. The van der Waals surface area contributed by atoms with E-state index in [0.29, 0.717) is 52.0 Å². The maximum Gasteiger partial charge on any atom is 0.337 e. The molecule has 0 N–H and O–H groups in total. The second-order valence-electron chi connectivity index (χ2n) is 12.0. The smallest absolute Gasteiger partial charge is 0.337 e. The van der Waals surface area contributed by atoms with Gasteiger partial charge in [0.15, 0.2) is 5.75 Å². The first-order valence-corrected chi connectivity index (χ1v) is 17.3. The number of hydrogen-bond donors (Lipinski definition) is 0. The highest BCUT2D eigenvalue weighted by Gasteiger charge is 2.26. The van der Waals surface area contributed by atoms with Crippen LogP contribution in [0.1, 0.15) is 78.1 Å². The number of halogens is 1. The number of alkyl halides is 1. The predicted octanol–water partition coefficient (Wildman–Crippen LogP) is 9.69. The Labute approximate surface area is 322 Å². The minimum absolute atomic E-state index is 0.119. The summed E-state index contributed by atoms with van der Waals surface area (Å²) >= 11 is 0. The van der Waals surface area contributed by atoms with Gasteiger partial charge in [0.25, 0.3) is 0 Å². The number of allylic oxidation sites excluding steroid dienone is 1. The molecule has 0 unspecified atom stereocenters. The van der Waals surface area contributed by atoms with Gasteiger partial charge in [-0.3, -0.25) is 4.39 Å². The quantitative estimate of drug-likeness (QED) is 0.0361. The highest BCUT2D eigenvalue weighted by molar-refractivity contribution is 5.88. The monoisotopic (exact) mass is 738 g/mol. The molecule has 0 aliphatic carbocycles. The van der Waals surface area contributed by atoms with E-state index in [9.17, 15) is 18.8 Å². The van der Waals surface area contributed by atoms with Crippen molar-refractivity contribution in [3.63, 3.8) is 0 Å². The highest BCUT2D eigenvalue weighted by Crippen LogP contribution is 2.41. The van der Waals surface area contributed by atoms with Crippen LogP contribution in [-0.4, -0.2) is 24.6 Å². The second kappa shape index (κ2) is 21.6. The summed E-state index contributed by atoms with van der Waals surface area (Å²) in [4.78, 5) is 36.2. The van der Waals surface area contributed by atoms with E-state index in [1.807, 2.05) is 19.1 Å². The molecule has 55 heavy (non-hydrogen) atoms. The van der Waals surface area contributed by atoms with Crippen molar-refractivity contribution in [3.8, 4) is 35.2 Å². The van der Waals surface area contributed by atoms with Crippen LogP contribution >= 0.6 is 0 Å². The van der Waals surface area contributed by atoms with Gasteiger partial charge in [0.1, 0.15) is 11.5 Å². The predicted molar refractivity (Wildman–Crippen MR) is 215 cm³/mol. The molecule has 0 bridgehead atoms. The zero-order valence-electron chi connectivity index (χ0n) is 31.4. The summed E-state index contributed by atoms with van der Waals surface area (Å²) in [6, 6.07) is 14.4. The molecule has 0 fully saturated rings. The maximum absolute atomic E-state index is 13.8. The van der Waals surface area contributed by atoms with Crippen LogP contribution in [-0.2, 0) is 36.7 Å². The summed E-state index contributed by atoms with van der Waals surface area (Å²) < 4.78 is 36.1. The number of carbonyl (C=O) groups excluding carboxylic acids is 3. The molecule has 7 nitrogen and oxygen atoms in total. The third kappa shape index (κ3) is 12.9. The van der Waals surface area contributed by atoms with Gasteiger partial charge < -0.3 is 18.9 Å². The zero-order chi connectivity index (χ0) is 40.3. The number of esters is 3. The van der Waals surface area contributed by atoms with Gasteiger partial charge in [-0.05, 0) is 86.7 Å². The van der Waals surface area contributed by atoms with Crippen molar-refractivity contribution in [2.24, 2.45) is 0 Å². The fraction of sp³-hybridized carbons (Fsp3) is 0.170. The lowest BCUT2D eigenvalue weighted by atomic mass is 9.90. The summed E-state index contributed by atoms with van der Waals surface area (Å²) in [7, 11) is 0. The van der Waals surface area contributed by atoms with E-state index in [-0.39, 0.29) is 35.5 Å². The maximum atomic E-state index is 13.8. The van der Waals surface area contributed by atoms with Gasteiger partial charge >= 0.3 is 17.9 Å². The first kappa shape index (κ1) is 42.5. The Hall–Kier alpha value is -6.90. The molecule has 0 radical (unpaired) electrons. The van der Waals surface area contributed by atoms with Crippen molar-refractivity contribution in [2.45, 2.75) is 46.5 Å². The lowest BCUT2D eigenvalue weighted by molar-refractivity contribution is -0.134. The van der Waals surface area contributed by atoms with Gasteiger partial charge in [0, 0.05) is 39.5 Å². The summed E-state index contributed by atoms with van der Waals surface area (Å²) in [5.41, 5.74) is 5.17. The van der Waals surface area contributed by atoms with E-state index >= 15 is 0 Å². The van der Waals surface area contributed by atoms with Crippen molar-refractivity contribution in [3.05, 3.63) is 168 Å². The number of ether oxygens (including phenoxy) is 4. The molecule has 0 spiro atoms. The summed E-state index contributed by atoms with van der Waals surface area (Å²) in [5.74, 6) is 11.7. The largest absolute Gasteiger partial charge is 0.456 e.